The highest BCUT2D eigenvalue weighted by Crippen LogP contribution is 2.25. The van der Waals surface area contributed by atoms with E-state index in [2.05, 4.69) is 11.0 Å². The Morgan fingerprint density at radius 2 is 1.92 bits per heavy atom. The summed E-state index contributed by atoms with van der Waals surface area (Å²) in [6, 6.07) is 5.53. The van der Waals surface area contributed by atoms with E-state index in [1.54, 1.807) is 6.07 Å². The number of rotatable bonds is 4. The van der Waals surface area contributed by atoms with Crippen molar-refractivity contribution >= 4 is 20.8 Å². The van der Waals surface area contributed by atoms with Gasteiger partial charge < -0.3 is 4.42 Å². The lowest BCUT2D eigenvalue weighted by atomic mass is 10.0. The molecule has 5 nitrogen and oxygen atoms in total. The molecule has 0 saturated carbocycles. The van der Waals surface area contributed by atoms with Crippen LogP contribution >= 0.6 is 0 Å². The standard InChI is InChI=1S/C18H23NO4S/c1-12-6-16-15(8-18(20)23-17(16)7-13(12)2)10-19-5-4-14(9-19)11-24(3,21)22/h6-8,14H,4-5,9-11H2,1-3H3. The number of aryl methyl sites for hydroxylation is 2. The molecule has 0 radical (unpaired) electrons. The fourth-order valence-electron chi connectivity index (χ4n) is 3.48. The Kier molecular flexibility index (Phi) is 4.53. The molecular formula is C18H23NO4S. The average molecular weight is 349 g/mol. The average Bonchev–Trinajstić information content (AvgIpc) is 2.86. The highest BCUT2D eigenvalue weighted by molar-refractivity contribution is 7.90. The molecule has 0 spiro atoms. The van der Waals surface area contributed by atoms with E-state index < -0.39 is 9.84 Å². The van der Waals surface area contributed by atoms with Crippen molar-refractivity contribution in [3.63, 3.8) is 0 Å². The van der Waals surface area contributed by atoms with E-state index in [1.165, 1.54) is 6.26 Å². The Bertz CT molecular complexity index is 930. The molecule has 1 aromatic heterocycles. The van der Waals surface area contributed by atoms with Gasteiger partial charge in [0.25, 0.3) is 0 Å². The third-order valence-corrected chi connectivity index (χ3v) is 5.82. The van der Waals surface area contributed by atoms with Gasteiger partial charge in [-0.25, -0.2) is 13.2 Å². The summed E-state index contributed by atoms with van der Waals surface area (Å²) in [4.78, 5) is 14.1. The number of hydrogen-bond acceptors (Lipinski definition) is 5. The lowest BCUT2D eigenvalue weighted by molar-refractivity contribution is 0.321. The Morgan fingerprint density at radius 3 is 2.62 bits per heavy atom. The first-order valence-electron chi connectivity index (χ1n) is 8.15. The van der Waals surface area contributed by atoms with Crippen LogP contribution in [0.25, 0.3) is 11.0 Å². The molecule has 3 rings (SSSR count). The van der Waals surface area contributed by atoms with Gasteiger partial charge in [-0.15, -0.1) is 0 Å². The van der Waals surface area contributed by atoms with Crippen LogP contribution < -0.4 is 5.63 Å². The minimum atomic E-state index is -2.95. The van der Waals surface area contributed by atoms with Gasteiger partial charge in [0.05, 0.1) is 5.75 Å². The van der Waals surface area contributed by atoms with Crippen LogP contribution in [0.5, 0.6) is 0 Å². The quantitative estimate of drug-likeness (QED) is 0.792. The number of fused-ring (bicyclic) bond motifs is 1. The molecule has 1 aliphatic heterocycles. The van der Waals surface area contributed by atoms with Gasteiger partial charge in [0.15, 0.2) is 0 Å². The predicted octanol–water partition coefficient (Wildman–Crippen LogP) is 2.28. The van der Waals surface area contributed by atoms with E-state index in [-0.39, 0.29) is 17.3 Å². The van der Waals surface area contributed by atoms with Gasteiger partial charge in [-0.3, -0.25) is 4.90 Å². The third kappa shape index (κ3) is 3.87. The van der Waals surface area contributed by atoms with E-state index >= 15 is 0 Å². The number of likely N-dealkylation sites (tertiary alicyclic amines) is 1. The summed E-state index contributed by atoms with van der Waals surface area (Å²) >= 11 is 0. The van der Waals surface area contributed by atoms with Crippen molar-refractivity contribution in [3.05, 3.63) is 45.3 Å². The fraction of sp³-hybridized carbons (Fsp3) is 0.500. The molecule has 1 saturated heterocycles. The molecule has 6 heteroatoms. The van der Waals surface area contributed by atoms with Crippen LogP contribution in [0.4, 0.5) is 0 Å². The lowest BCUT2D eigenvalue weighted by Gasteiger charge is -2.17. The maximum absolute atomic E-state index is 11.9. The van der Waals surface area contributed by atoms with Crippen LogP contribution in [0.2, 0.25) is 0 Å². The second-order valence-corrected chi connectivity index (χ2v) is 9.19. The summed E-state index contributed by atoms with van der Waals surface area (Å²) in [7, 11) is -2.95. The molecule has 24 heavy (non-hydrogen) atoms. The van der Waals surface area contributed by atoms with Crippen molar-refractivity contribution in [1.29, 1.82) is 0 Å². The minimum Gasteiger partial charge on any atom is -0.423 e. The summed E-state index contributed by atoms with van der Waals surface area (Å²) in [5, 5.41) is 0.962. The van der Waals surface area contributed by atoms with E-state index in [0.29, 0.717) is 12.1 Å². The molecule has 130 valence electrons. The Balaban J connectivity index is 1.86. The van der Waals surface area contributed by atoms with Crippen molar-refractivity contribution in [3.8, 4) is 0 Å². The molecule has 0 amide bonds. The zero-order valence-electron chi connectivity index (χ0n) is 14.3. The van der Waals surface area contributed by atoms with Gasteiger partial charge in [0, 0.05) is 30.8 Å². The summed E-state index contributed by atoms with van der Waals surface area (Å²) in [6.45, 7) is 6.29. The number of sulfone groups is 1. The van der Waals surface area contributed by atoms with Crippen LogP contribution in [0.3, 0.4) is 0 Å². The maximum atomic E-state index is 11.9. The molecule has 1 aromatic carbocycles. The Labute approximate surface area is 142 Å². The van der Waals surface area contributed by atoms with Crippen LogP contribution in [0.1, 0.15) is 23.1 Å². The molecule has 0 N–H and O–H groups in total. The maximum Gasteiger partial charge on any atom is 0.336 e. The normalized spacial score (nSPS) is 19.2. The number of hydrogen-bond donors (Lipinski definition) is 0. The zero-order valence-corrected chi connectivity index (χ0v) is 15.1. The summed E-state index contributed by atoms with van der Waals surface area (Å²) in [5.74, 6) is 0.412. The van der Waals surface area contributed by atoms with Gasteiger partial charge in [0.2, 0.25) is 0 Å². The second kappa shape index (κ2) is 6.33. The van der Waals surface area contributed by atoms with Gasteiger partial charge >= 0.3 is 5.63 Å². The van der Waals surface area contributed by atoms with Crippen LogP contribution in [0.15, 0.2) is 27.4 Å². The first-order chi connectivity index (χ1) is 11.2. The third-order valence-electron chi connectivity index (χ3n) is 4.75. The van der Waals surface area contributed by atoms with Crippen molar-refractivity contribution < 1.29 is 12.8 Å². The number of benzene rings is 1. The van der Waals surface area contributed by atoms with Crippen LogP contribution in [0, 0.1) is 19.8 Å². The molecule has 0 aliphatic carbocycles. The predicted molar refractivity (Wildman–Crippen MR) is 95.1 cm³/mol. The van der Waals surface area contributed by atoms with Gasteiger partial charge in [-0.05, 0) is 61.6 Å². The van der Waals surface area contributed by atoms with E-state index in [4.69, 9.17) is 4.42 Å². The van der Waals surface area contributed by atoms with E-state index in [9.17, 15) is 13.2 Å². The van der Waals surface area contributed by atoms with E-state index in [1.807, 2.05) is 19.9 Å². The minimum absolute atomic E-state index is 0.176. The Hall–Kier alpha value is -1.66. The van der Waals surface area contributed by atoms with Gasteiger partial charge in [-0.2, -0.15) is 0 Å². The lowest BCUT2D eigenvalue weighted by Crippen LogP contribution is -2.23. The van der Waals surface area contributed by atoms with Gasteiger partial charge in [0.1, 0.15) is 15.4 Å². The molecule has 1 unspecified atom stereocenters. The summed E-state index contributed by atoms with van der Waals surface area (Å²) < 4.78 is 28.3. The molecule has 1 fully saturated rings. The molecule has 2 heterocycles. The van der Waals surface area contributed by atoms with Crippen molar-refractivity contribution in [2.75, 3.05) is 25.1 Å². The smallest absolute Gasteiger partial charge is 0.336 e. The SMILES string of the molecule is Cc1cc2oc(=O)cc(CN3CCC(CS(C)(=O)=O)C3)c2cc1C. The number of nitrogens with zero attached hydrogens (tertiary/aromatic N) is 1. The molecule has 1 atom stereocenters. The zero-order chi connectivity index (χ0) is 17.5. The topological polar surface area (TPSA) is 67.6 Å². The van der Waals surface area contributed by atoms with Crippen molar-refractivity contribution in [1.82, 2.24) is 4.90 Å². The first-order valence-corrected chi connectivity index (χ1v) is 10.2. The van der Waals surface area contributed by atoms with Gasteiger partial charge in [-0.1, -0.05) is 0 Å². The van der Waals surface area contributed by atoms with E-state index in [0.717, 1.165) is 41.6 Å². The molecule has 0 bridgehead atoms. The molecular weight excluding hydrogens is 326 g/mol. The largest absolute Gasteiger partial charge is 0.423 e. The summed E-state index contributed by atoms with van der Waals surface area (Å²) in [6.07, 6.45) is 2.17. The van der Waals surface area contributed by atoms with Crippen molar-refractivity contribution in [2.45, 2.75) is 26.8 Å². The first kappa shape index (κ1) is 17.2. The van der Waals surface area contributed by atoms with Crippen LogP contribution in [-0.4, -0.2) is 38.4 Å². The van der Waals surface area contributed by atoms with Crippen molar-refractivity contribution in [2.24, 2.45) is 5.92 Å². The Morgan fingerprint density at radius 1 is 1.21 bits per heavy atom. The second-order valence-electron chi connectivity index (χ2n) is 7.01. The highest BCUT2D eigenvalue weighted by Gasteiger charge is 2.26. The molecule has 1 aliphatic rings. The fourth-order valence-corrected chi connectivity index (χ4v) is 4.60. The van der Waals surface area contributed by atoms with Crippen LogP contribution in [-0.2, 0) is 16.4 Å². The molecule has 2 aromatic rings. The summed E-state index contributed by atoms with van der Waals surface area (Å²) in [5.41, 5.74) is 3.48. The highest BCUT2D eigenvalue weighted by atomic mass is 32.2. The monoisotopic (exact) mass is 349 g/mol.